The summed E-state index contributed by atoms with van der Waals surface area (Å²) < 4.78 is 11.9. The Hall–Kier alpha value is -3.26. The van der Waals surface area contributed by atoms with Gasteiger partial charge in [0.05, 0.1) is 25.7 Å². The summed E-state index contributed by atoms with van der Waals surface area (Å²) in [6, 6.07) is 12.7. The number of methoxy groups -OCH3 is 2. The van der Waals surface area contributed by atoms with Crippen LogP contribution in [0.3, 0.4) is 0 Å². The minimum atomic E-state index is -0.273. The lowest BCUT2D eigenvalue weighted by Gasteiger charge is -2.11. The lowest BCUT2D eigenvalue weighted by Crippen LogP contribution is -2.22. The van der Waals surface area contributed by atoms with Gasteiger partial charge in [-0.25, -0.2) is 4.98 Å². The van der Waals surface area contributed by atoms with Crippen LogP contribution >= 0.6 is 11.8 Å². The van der Waals surface area contributed by atoms with Gasteiger partial charge in [-0.2, -0.15) is 0 Å². The van der Waals surface area contributed by atoms with Gasteiger partial charge in [-0.15, -0.1) is 0 Å². The van der Waals surface area contributed by atoms with E-state index in [1.54, 1.807) is 37.7 Å². The van der Waals surface area contributed by atoms with Gasteiger partial charge in [0.1, 0.15) is 11.5 Å². The number of benzene rings is 2. The third-order valence-electron chi connectivity index (χ3n) is 4.11. The highest BCUT2D eigenvalue weighted by Crippen LogP contribution is 2.29. The zero-order valence-corrected chi connectivity index (χ0v) is 17.2. The van der Waals surface area contributed by atoms with Gasteiger partial charge in [0.15, 0.2) is 5.03 Å². The van der Waals surface area contributed by atoms with Crippen molar-refractivity contribution in [2.45, 2.75) is 11.9 Å². The maximum atomic E-state index is 12.7. The summed E-state index contributed by atoms with van der Waals surface area (Å²) in [7, 11) is 3.07. The number of aryl methyl sites for hydroxylation is 1. The fourth-order valence-electron chi connectivity index (χ4n) is 2.70. The molecule has 0 radical (unpaired) electrons. The van der Waals surface area contributed by atoms with Crippen molar-refractivity contribution in [3.63, 3.8) is 0 Å². The van der Waals surface area contributed by atoms with E-state index in [1.165, 1.54) is 11.7 Å². The van der Waals surface area contributed by atoms with Gasteiger partial charge in [-0.3, -0.25) is 14.2 Å². The molecule has 0 bridgehead atoms. The van der Waals surface area contributed by atoms with E-state index in [1.807, 2.05) is 31.2 Å². The van der Waals surface area contributed by atoms with Crippen molar-refractivity contribution in [3.05, 3.63) is 70.8 Å². The molecule has 0 aliphatic carbocycles. The predicted molar refractivity (Wildman–Crippen MR) is 113 cm³/mol. The Labute approximate surface area is 172 Å². The molecule has 150 valence electrons. The minimum absolute atomic E-state index is 0.0370. The topological polar surface area (TPSA) is 82.5 Å². The maximum Gasteiger partial charge on any atom is 0.287 e. The fourth-order valence-corrected chi connectivity index (χ4v) is 3.39. The van der Waals surface area contributed by atoms with Crippen molar-refractivity contribution >= 4 is 23.4 Å². The maximum absolute atomic E-state index is 12.7. The van der Waals surface area contributed by atoms with E-state index < -0.39 is 0 Å². The summed E-state index contributed by atoms with van der Waals surface area (Å²) in [5.74, 6) is 0.877. The number of carbonyl (C=O) groups excluding carboxylic acids is 1. The molecule has 0 atom stereocenters. The van der Waals surface area contributed by atoms with Crippen molar-refractivity contribution in [2.75, 3.05) is 25.3 Å². The van der Waals surface area contributed by atoms with Gasteiger partial charge in [0.2, 0.25) is 5.91 Å². The molecule has 0 spiro atoms. The van der Waals surface area contributed by atoms with Crippen LogP contribution in [0, 0.1) is 6.92 Å². The molecular weight excluding hydrogens is 390 g/mol. The summed E-state index contributed by atoms with van der Waals surface area (Å²) in [5.41, 5.74) is 2.06. The highest BCUT2D eigenvalue weighted by Gasteiger charge is 2.12. The molecule has 3 rings (SSSR count). The number of ether oxygens (including phenoxy) is 2. The smallest absolute Gasteiger partial charge is 0.287 e. The summed E-state index contributed by atoms with van der Waals surface area (Å²) in [5, 5.41) is 3.03. The number of anilines is 1. The number of nitrogens with one attached hydrogen (secondary N) is 1. The molecule has 0 aliphatic heterocycles. The molecule has 0 fully saturated rings. The Morgan fingerprint density at radius 2 is 2.00 bits per heavy atom. The van der Waals surface area contributed by atoms with Crippen molar-refractivity contribution in [3.8, 4) is 17.2 Å². The zero-order valence-electron chi connectivity index (χ0n) is 16.3. The van der Waals surface area contributed by atoms with Crippen LogP contribution in [0.2, 0.25) is 0 Å². The highest BCUT2D eigenvalue weighted by atomic mass is 32.2. The Bertz CT molecular complexity index is 1080. The Morgan fingerprint density at radius 3 is 2.72 bits per heavy atom. The molecule has 3 aromatic rings. The van der Waals surface area contributed by atoms with Crippen molar-refractivity contribution in [2.24, 2.45) is 0 Å². The van der Waals surface area contributed by atoms with E-state index in [-0.39, 0.29) is 22.2 Å². The molecule has 0 unspecified atom stereocenters. The first-order valence-electron chi connectivity index (χ1n) is 8.81. The van der Waals surface area contributed by atoms with Crippen LogP contribution in [-0.2, 0) is 4.79 Å². The third kappa shape index (κ3) is 4.97. The van der Waals surface area contributed by atoms with E-state index >= 15 is 0 Å². The van der Waals surface area contributed by atoms with Crippen LogP contribution in [0.5, 0.6) is 11.5 Å². The highest BCUT2D eigenvalue weighted by molar-refractivity contribution is 7.99. The summed E-state index contributed by atoms with van der Waals surface area (Å²) >= 11 is 1.09. The van der Waals surface area contributed by atoms with E-state index in [0.717, 1.165) is 23.0 Å². The molecule has 7 nitrogen and oxygen atoms in total. The summed E-state index contributed by atoms with van der Waals surface area (Å²) in [6.45, 7) is 1.96. The number of rotatable bonds is 7. The second-order valence-corrected chi connectivity index (χ2v) is 7.11. The Morgan fingerprint density at radius 1 is 1.17 bits per heavy atom. The van der Waals surface area contributed by atoms with Gasteiger partial charge in [0, 0.05) is 24.1 Å². The molecular formula is C21H21N3O4S. The van der Waals surface area contributed by atoms with E-state index in [4.69, 9.17) is 9.47 Å². The van der Waals surface area contributed by atoms with Crippen LogP contribution in [-0.4, -0.2) is 35.4 Å². The number of hydrogen-bond acceptors (Lipinski definition) is 6. The molecule has 8 heteroatoms. The molecule has 1 heterocycles. The minimum Gasteiger partial charge on any atom is -0.497 e. The first kappa shape index (κ1) is 20.5. The van der Waals surface area contributed by atoms with Crippen molar-refractivity contribution < 1.29 is 14.3 Å². The largest absolute Gasteiger partial charge is 0.497 e. The normalized spacial score (nSPS) is 10.4. The molecule has 0 saturated carbocycles. The van der Waals surface area contributed by atoms with Crippen LogP contribution in [0.25, 0.3) is 5.69 Å². The average Bonchev–Trinajstić information content (AvgIpc) is 2.73. The van der Waals surface area contributed by atoms with Crippen LogP contribution in [0.4, 0.5) is 5.69 Å². The fraction of sp³-hybridized carbons (Fsp3) is 0.190. The number of hydrogen-bond donors (Lipinski definition) is 1. The molecule has 1 N–H and O–H groups in total. The van der Waals surface area contributed by atoms with E-state index in [2.05, 4.69) is 10.3 Å². The van der Waals surface area contributed by atoms with Gasteiger partial charge in [-0.05, 0) is 36.8 Å². The summed E-state index contributed by atoms with van der Waals surface area (Å²) in [4.78, 5) is 29.2. The lowest BCUT2D eigenvalue weighted by molar-refractivity contribution is -0.113. The molecule has 29 heavy (non-hydrogen) atoms. The van der Waals surface area contributed by atoms with Gasteiger partial charge in [0.25, 0.3) is 5.56 Å². The SMILES string of the molecule is COc1ccc(NC(=O)CSc2nccn(-c3cccc(C)c3)c2=O)c(OC)c1. The number of thioether (sulfide) groups is 1. The zero-order chi connectivity index (χ0) is 20.8. The predicted octanol–water partition coefficient (Wildman–Crippen LogP) is 3.29. The number of aromatic nitrogens is 2. The van der Waals surface area contributed by atoms with Crippen LogP contribution < -0.4 is 20.3 Å². The van der Waals surface area contributed by atoms with Crippen LogP contribution in [0.15, 0.2) is 64.7 Å². The first-order chi connectivity index (χ1) is 14.0. The van der Waals surface area contributed by atoms with Gasteiger partial charge in [-0.1, -0.05) is 23.9 Å². The average molecular weight is 411 g/mol. The molecule has 1 aromatic heterocycles. The summed E-state index contributed by atoms with van der Waals surface area (Å²) in [6.07, 6.45) is 3.17. The third-order valence-corrected chi connectivity index (χ3v) is 5.07. The quantitative estimate of drug-likeness (QED) is 0.601. The molecule has 0 saturated heterocycles. The Kier molecular flexibility index (Phi) is 6.56. The van der Waals surface area contributed by atoms with Gasteiger partial charge >= 0.3 is 0 Å². The second kappa shape index (κ2) is 9.29. The first-order valence-corrected chi connectivity index (χ1v) is 9.79. The van der Waals surface area contributed by atoms with E-state index in [9.17, 15) is 9.59 Å². The van der Waals surface area contributed by atoms with Gasteiger partial charge < -0.3 is 14.8 Å². The second-order valence-electron chi connectivity index (χ2n) is 6.15. The molecule has 0 aliphatic rings. The van der Waals surface area contributed by atoms with Crippen molar-refractivity contribution in [1.29, 1.82) is 0 Å². The Balaban J connectivity index is 1.71. The molecule has 2 aromatic carbocycles. The number of carbonyl (C=O) groups is 1. The monoisotopic (exact) mass is 411 g/mol. The van der Waals surface area contributed by atoms with E-state index in [0.29, 0.717) is 17.2 Å². The number of nitrogens with zero attached hydrogens (tertiary/aromatic N) is 2. The van der Waals surface area contributed by atoms with Crippen molar-refractivity contribution in [1.82, 2.24) is 9.55 Å². The van der Waals surface area contributed by atoms with Crippen LogP contribution in [0.1, 0.15) is 5.56 Å². The molecule has 1 amide bonds. The lowest BCUT2D eigenvalue weighted by atomic mass is 10.2. The number of amides is 1. The standard InChI is InChI=1S/C21H21N3O4S/c1-14-5-4-6-15(11-14)24-10-9-22-20(21(24)26)29-13-19(25)23-17-8-7-16(27-2)12-18(17)28-3/h4-12H,13H2,1-3H3,(H,23,25).